The first-order chi connectivity index (χ1) is 14.1. The predicted molar refractivity (Wildman–Crippen MR) is 113 cm³/mol. The Bertz CT molecular complexity index is 1300. The minimum Gasteiger partial charge on any atom is -0.253 e. The molecular weight excluding hydrogens is 404 g/mol. The number of sulfonamides is 1. The fourth-order valence-corrected chi connectivity index (χ4v) is 5.57. The number of hydrogen-bond donors (Lipinski definition) is 0. The van der Waals surface area contributed by atoms with Gasteiger partial charge in [0, 0.05) is 24.4 Å². The molecule has 0 aliphatic carbocycles. The molecule has 0 unspecified atom stereocenters. The van der Waals surface area contributed by atoms with Gasteiger partial charge in [0.2, 0.25) is 0 Å². The molecule has 29 heavy (non-hydrogen) atoms. The van der Waals surface area contributed by atoms with E-state index in [1.54, 1.807) is 54.1 Å². The standard InChI is InChI=1S/C21H16N4O2S2/c26-29(27,17-4-2-1-3-5-17)25-21(13-19(24-25)16-8-11-28-14-16)15-6-7-18-20(12-15)23-10-9-22-18/h1-12,14,21H,13H2/t21-/m0/s1. The molecule has 1 atom stereocenters. The van der Waals surface area contributed by atoms with Crippen molar-refractivity contribution in [3.63, 3.8) is 0 Å². The van der Waals surface area contributed by atoms with Crippen molar-refractivity contribution in [3.05, 3.63) is 88.9 Å². The fourth-order valence-electron chi connectivity index (χ4n) is 3.45. The molecule has 0 amide bonds. The van der Waals surface area contributed by atoms with Crippen LogP contribution in [0.1, 0.15) is 23.6 Å². The lowest BCUT2D eigenvalue weighted by atomic mass is 10.00. The first-order valence-corrected chi connectivity index (χ1v) is 11.4. The minimum absolute atomic E-state index is 0.223. The number of rotatable bonds is 4. The lowest BCUT2D eigenvalue weighted by Crippen LogP contribution is -2.27. The van der Waals surface area contributed by atoms with Gasteiger partial charge < -0.3 is 0 Å². The van der Waals surface area contributed by atoms with Crippen LogP contribution in [0, 0.1) is 0 Å². The van der Waals surface area contributed by atoms with Crippen molar-refractivity contribution < 1.29 is 8.42 Å². The van der Waals surface area contributed by atoms with E-state index in [1.165, 1.54) is 4.41 Å². The number of benzene rings is 2. The van der Waals surface area contributed by atoms with E-state index in [4.69, 9.17) is 0 Å². The molecular formula is C21H16N4O2S2. The van der Waals surface area contributed by atoms with Crippen LogP contribution in [0.2, 0.25) is 0 Å². The Morgan fingerprint density at radius 1 is 0.966 bits per heavy atom. The van der Waals surface area contributed by atoms with Crippen LogP contribution in [0.25, 0.3) is 11.0 Å². The molecule has 0 bridgehead atoms. The second kappa shape index (κ2) is 7.06. The number of nitrogens with zero attached hydrogens (tertiary/aromatic N) is 4. The van der Waals surface area contributed by atoms with Gasteiger partial charge >= 0.3 is 0 Å². The van der Waals surface area contributed by atoms with Crippen molar-refractivity contribution >= 4 is 38.1 Å². The molecule has 6 nitrogen and oxygen atoms in total. The Kier molecular flexibility index (Phi) is 4.37. The van der Waals surface area contributed by atoms with E-state index < -0.39 is 16.1 Å². The highest BCUT2D eigenvalue weighted by molar-refractivity contribution is 7.89. The second-order valence-corrected chi connectivity index (χ2v) is 9.25. The molecule has 0 saturated carbocycles. The molecule has 2 aromatic carbocycles. The number of hydrogen-bond acceptors (Lipinski definition) is 6. The van der Waals surface area contributed by atoms with Crippen molar-refractivity contribution in [2.75, 3.05) is 0 Å². The smallest absolute Gasteiger partial charge is 0.253 e. The molecule has 4 aromatic rings. The largest absolute Gasteiger partial charge is 0.279 e. The molecule has 0 N–H and O–H groups in total. The van der Waals surface area contributed by atoms with Crippen LogP contribution in [0.5, 0.6) is 0 Å². The summed E-state index contributed by atoms with van der Waals surface area (Å²) in [4.78, 5) is 8.88. The first kappa shape index (κ1) is 18.0. The molecule has 5 rings (SSSR count). The minimum atomic E-state index is -3.80. The lowest BCUT2D eigenvalue weighted by Gasteiger charge is -2.23. The van der Waals surface area contributed by atoms with Crippen molar-refractivity contribution in [3.8, 4) is 0 Å². The van der Waals surface area contributed by atoms with Gasteiger partial charge in [0.05, 0.1) is 27.7 Å². The summed E-state index contributed by atoms with van der Waals surface area (Å²) >= 11 is 1.56. The Labute approximate surface area is 172 Å². The summed E-state index contributed by atoms with van der Waals surface area (Å²) in [6.07, 6.45) is 3.77. The first-order valence-electron chi connectivity index (χ1n) is 9.03. The van der Waals surface area contributed by atoms with E-state index in [9.17, 15) is 8.42 Å². The van der Waals surface area contributed by atoms with Crippen LogP contribution in [-0.2, 0) is 10.0 Å². The molecule has 0 saturated heterocycles. The highest BCUT2D eigenvalue weighted by Gasteiger charge is 2.37. The SMILES string of the molecule is O=S(=O)(c1ccccc1)N1N=C(c2ccsc2)C[C@H]1c1ccc2nccnc2c1. The van der Waals surface area contributed by atoms with Gasteiger partial charge in [-0.2, -0.15) is 29.3 Å². The van der Waals surface area contributed by atoms with E-state index in [1.807, 2.05) is 35.0 Å². The summed E-state index contributed by atoms with van der Waals surface area (Å²) < 4.78 is 28.0. The van der Waals surface area contributed by atoms with Crippen LogP contribution in [0.15, 0.2) is 87.7 Å². The summed E-state index contributed by atoms with van der Waals surface area (Å²) in [6, 6.07) is 15.6. The molecule has 0 spiro atoms. The van der Waals surface area contributed by atoms with E-state index in [0.29, 0.717) is 6.42 Å². The molecule has 8 heteroatoms. The van der Waals surface area contributed by atoms with E-state index in [2.05, 4.69) is 15.1 Å². The number of aromatic nitrogens is 2. The Morgan fingerprint density at radius 3 is 2.52 bits per heavy atom. The summed E-state index contributed by atoms with van der Waals surface area (Å²) in [7, 11) is -3.80. The average molecular weight is 421 g/mol. The van der Waals surface area contributed by atoms with Gasteiger partial charge in [-0.3, -0.25) is 9.97 Å². The number of fused-ring (bicyclic) bond motifs is 1. The molecule has 0 fully saturated rings. The molecule has 2 aromatic heterocycles. The zero-order valence-electron chi connectivity index (χ0n) is 15.2. The average Bonchev–Trinajstić information content (AvgIpc) is 3.44. The Morgan fingerprint density at radius 2 is 1.76 bits per heavy atom. The Hall–Kier alpha value is -3.10. The normalized spacial score (nSPS) is 16.9. The topological polar surface area (TPSA) is 75.5 Å². The van der Waals surface area contributed by atoms with Gasteiger partial charge in [-0.05, 0) is 46.7 Å². The van der Waals surface area contributed by atoms with Gasteiger partial charge in [-0.15, -0.1) is 0 Å². The van der Waals surface area contributed by atoms with Crippen molar-refractivity contribution in [2.45, 2.75) is 17.4 Å². The number of thiophene rings is 1. The van der Waals surface area contributed by atoms with Gasteiger partial charge in [0.25, 0.3) is 10.0 Å². The molecule has 144 valence electrons. The van der Waals surface area contributed by atoms with Crippen molar-refractivity contribution in [1.29, 1.82) is 0 Å². The summed E-state index contributed by atoms with van der Waals surface area (Å²) in [5.41, 5.74) is 4.05. The lowest BCUT2D eigenvalue weighted by molar-refractivity contribution is 0.371. The Balaban J connectivity index is 1.62. The summed E-state index contributed by atoms with van der Waals surface area (Å²) in [6.45, 7) is 0. The number of hydrazone groups is 1. The van der Waals surface area contributed by atoms with Crippen LogP contribution in [0.3, 0.4) is 0 Å². The summed E-state index contributed by atoms with van der Waals surface area (Å²) in [5.74, 6) is 0. The van der Waals surface area contributed by atoms with Gasteiger partial charge in [0.15, 0.2) is 0 Å². The quantitative estimate of drug-likeness (QED) is 0.495. The third-order valence-corrected chi connectivity index (χ3v) is 7.27. The van der Waals surface area contributed by atoms with Gasteiger partial charge in [-0.1, -0.05) is 24.3 Å². The van der Waals surface area contributed by atoms with E-state index in [0.717, 1.165) is 27.9 Å². The molecule has 3 heterocycles. The third-order valence-electron chi connectivity index (χ3n) is 4.89. The van der Waals surface area contributed by atoms with Gasteiger partial charge in [0.1, 0.15) is 0 Å². The third kappa shape index (κ3) is 3.20. The molecule has 1 aliphatic rings. The second-order valence-electron chi connectivity index (χ2n) is 6.67. The van der Waals surface area contributed by atoms with E-state index in [-0.39, 0.29) is 4.90 Å². The van der Waals surface area contributed by atoms with Gasteiger partial charge in [-0.25, -0.2) is 0 Å². The highest BCUT2D eigenvalue weighted by Crippen LogP contribution is 2.38. The van der Waals surface area contributed by atoms with E-state index >= 15 is 0 Å². The maximum absolute atomic E-state index is 13.4. The van der Waals surface area contributed by atoms with Crippen molar-refractivity contribution in [1.82, 2.24) is 14.4 Å². The van der Waals surface area contributed by atoms with Crippen molar-refractivity contribution in [2.24, 2.45) is 5.10 Å². The monoisotopic (exact) mass is 420 g/mol. The summed E-state index contributed by atoms with van der Waals surface area (Å²) in [5, 5.41) is 8.50. The maximum atomic E-state index is 13.4. The van der Waals surface area contributed by atoms with Crippen LogP contribution in [-0.4, -0.2) is 28.5 Å². The maximum Gasteiger partial charge on any atom is 0.279 e. The fraction of sp³-hybridized carbons (Fsp3) is 0.0952. The highest BCUT2D eigenvalue weighted by atomic mass is 32.2. The van der Waals surface area contributed by atoms with Crippen LogP contribution in [0.4, 0.5) is 0 Å². The zero-order chi connectivity index (χ0) is 19.8. The molecule has 0 radical (unpaired) electrons. The molecule has 1 aliphatic heterocycles. The predicted octanol–water partition coefficient (Wildman–Crippen LogP) is 4.23. The van der Waals surface area contributed by atoms with Crippen LogP contribution >= 0.6 is 11.3 Å². The van der Waals surface area contributed by atoms with Crippen LogP contribution < -0.4 is 0 Å². The zero-order valence-corrected chi connectivity index (χ0v) is 16.8.